The highest BCUT2D eigenvalue weighted by Gasteiger charge is 2.19. The van der Waals surface area contributed by atoms with E-state index in [1.54, 1.807) is 7.11 Å². The van der Waals surface area contributed by atoms with E-state index in [-0.39, 0.29) is 6.29 Å². The van der Waals surface area contributed by atoms with Gasteiger partial charge in [0.1, 0.15) is 5.76 Å². The molecule has 1 fully saturated rings. The number of allylic oxidation sites excluding steroid dienone is 1. The average molecular weight is 248 g/mol. The van der Waals surface area contributed by atoms with Crippen molar-refractivity contribution in [2.24, 2.45) is 0 Å². The summed E-state index contributed by atoms with van der Waals surface area (Å²) < 4.78 is 16.9. The summed E-state index contributed by atoms with van der Waals surface area (Å²) in [5.74, 6) is 1.54. The summed E-state index contributed by atoms with van der Waals surface area (Å²) in [4.78, 5) is 0. The third-order valence-corrected chi connectivity index (χ3v) is 3.05. The van der Waals surface area contributed by atoms with E-state index in [9.17, 15) is 0 Å². The Bertz CT molecular complexity index is 391. The molecule has 0 aromatic heterocycles. The Morgan fingerprint density at radius 3 is 2.61 bits per heavy atom. The topological polar surface area (TPSA) is 27.7 Å². The zero-order chi connectivity index (χ0) is 12.8. The van der Waals surface area contributed by atoms with Crippen LogP contribution in [0.1, 0.15) is 31.7 Å². The molecule has 1 aliphatic rings. The summed E-state index contributed by atoms with van der Waals surface area (Å²) >= 11 is 0. The highest BCUT2D eigenvalue weighted by atomic mass is 16.7. The average Bonchev–Trinajstić information content (AvgIpc) is 2.46. The van der Waals surface area contributed by atoms with Crippen LogP contribution in [0.3, 0.4) is 0 Å². The molecule has 1 saturated heterocycles. The molecule has 0 aliphatic carbocycles. The largest absolute Gasteiger partial charge is 0.498 e. The van der Waals surface area contributed by atoms with Gasteiger partial charge in [0, 0.05) is 12.0 Å². The number of hydrogen-bond donors (Lipinski definition) is 0. The van der Waals surface area contributed by atoms with E-state index in [4.69, 9.17) is 14.2 Å². The number of ether oxygens (including phenoxy) is 3. The van der Waals surface area contributed by atoms with E-state index < -0.39 is 0 Å². The van der Waals surface area contributed by atoms with Crippen LogP contribution in [0.2, 0.25) is 0 Å². The van der Waals surface area contributed by atoms with Crippen LogP contribution in [0.25, 0.3) is 5.76 Å². The number of benzene rings is 1. The van der Waals surface area contributed by atoms with E-state index in [0.29, 0.717) is 0 Å². The van der Waals surface area contributed by atoms with Crippen molar-refractivity contribution < 1.29 is 14.2 Å². The summed E-state index contributed by atoms with van der Waals surface area (Å²) in [5.41, 5.74) is 1.02. The van der Waals surface area contributed by atoms with Gasteiger partial charge in [-0.2, -0.15) is 0 Å². The molecular weight excluding hydrogens is 228 g/mol. The first-order chi connectivity index (χ1) is 8.81. The van der Waals surface area contributed by atoms with Gasteiger partial charge in [-0.3, -0.25) is 0 Å². The molecule has 18 heavy (non-hydrogen) atoms. The minimum absolute atomic E-state index is 0.154. The molecule has 0 saturated carbocycles. The summed E-state index contributed by atoms with van der Waals surface area (Å²) in [5, 5.41) is 0. The maximum atomic E-state index is 5.96. The van der Waals surface area contributed by atoms with Crippen LogP contribution in [-0.2, 0) is 14.2 Å². The van der Waals surface area contributed by atoms with Gasteiger partial charge in [-0.25, -0.2) is 0 Å². The summed E-state index contributed by atoms with van der Waals surface area (Å²) in [6, 6.07) is 9.99. The molecule has 0 N–H and O–H groups in total. The zero-order valence-corrected chi connectivity index (χ0v) is 11.0. The van der Waals surface area contributed by atoms with Gasteiger partial charge in [0.25, 0.3) is 0 Å². The lowest BCUT2D eigenvalue weighted by Crippen LogP contribution is -2.22. The Labute approximate surface area is 108 Å². The molecule has 0 amide bonds. The lowest BCUT2D eigenvalue weighted by molar-refractivity contribution is -0.122. The van der Waals surface area contributed by atoms with Crippen molar-refractivity contribution >= 4 is 5.76 Å². The van der Waals surface area contributed by atoms with Crippen molar-refractivity contribution in [3.8, 4) is 0 Å². The van der Waals surface area contributed by atoms with Crippen LogP contribution in [-0.4, -0.2) is 20.0 Å². The van der Waals surface area contributed by atoms with Crippen LogP contribution >= 0.6 is 0 Å². The van der Waals surface area contributed by atoms with Gasteiger partial charge in [0.2, 0.25) is 0 Å². The fourth-order valence-electron chi connectivity index (χ4n) is 1.97. The first-order valence-electron chi connectivity index (χ1n) is 6.40. The van der Waals surface area contributed by atoms with E-state index in [1.807, 2.05) is 37.3 Å². The van der Waals surface area contributed by atoms with Crippen molar-refractivity contribution in [2.45, 2.75) is 32.5 Å². The Hall–Kier alpha value is -1.48. The fourth-order valence-corrected chi connectivity index (χ4v) is 1.97. The van der Waals surface area contributed by atoms with Crippen LogP contribution in [0.15, 0.2) is 36.1 Å². The quantitative estimate of drug-likeness (QED) is 0.762. The van der Waals surface area contributed by atoms with Gasteiger partial charge in [0.05, 0.1) is 13.7 Å². The highest BCUT2D eigenvalue weighted by Crippen LogP contribution is 2.25. The molecular formula is C15H20O3. The van der Waals surface area contributed by atoms with Gasteiger partial charge >= 0.3 is 0 Å². The van der Waals surface area contributed by atoms with Gasteiger partial charge in [-0.1, -0.05) is 30.3 Å². The zero-order valence-electron chi connectivity index (χ0n) is 11.0. The second kappa shape index (κ2) is 6.45. The highest BCUT2D eigenvalue weighted by molar-refractivity contribution is 5.61. The molecule has 1 aromatic carbocycles. The predicted molar refractivity (Wildman–Crippen MR) is 70.7 cm³/mol. The Morgan fingerprint density at radius 2 is 2.00 bits per heavy atom. The molecule has 1 heterocycles. The SMILES string of the molecule is COC(C)=C(OC1CCCCO1)c1ccccc1. The second-order valence-corrected chi connectivity index (χ2v) is 4.37. The minimum Gasteiger partial charge on any atom is -0.498 e. The van der Waals surface area contributed by atoms with Gasteiger partial charge in [0.15, 0.2) is 12.0 Å². The second-order valence-electron chi connectivity index (χ2n) is 4.37. The van der Waals surface area contributed by atoms with E-state index in [1.165, 1.54) is 0 Å². The normalized spacial score (nSPS) is 21.1. The molecule has 2 rings (SSSR count). The van der Waals surface area contributed by atoms with Crippen LogP contribution in [0.5, 0.6) is 0 Å². The number of methoxy groups -OCH3 is 1. The molecule has 1 aliphatic heterocycles. The Balaban J connectivity index is 2.16. The molecule has 0 spiro atoms. The maximum absolute atomic E-state index is 5.96. The summed E-state index contributed by atoms with van der Waals surface area (Å²) in [7, 11) is 1.66. The summed E-state index contributed by atoms with van der Waals surface area (Å²) in [6.45, 7) is 2.68. The molecule has 3 nitrogen and oxygen atoms in total. The van der Waals surface area contributed by atoms with Crippen LogP contribution in [0.4, 0.5) is 0 Å². The van der Waals surface area contributed by atoms with Crippen LogP contribution in [0, 0.1) is 0 Å². The third-order valence-electron chi connectivity index (χ3n) is 3.05. The predicted octanol–water partition coefficient (Wildman–Crippen LogP) is 3.56. The van der Waals surface area contributed by atoms with Crippen molar-refractivity contribution in [3.05, 3.63) is 41.7 Å². The molecule has 98 valence electrons. The van der Waals surface area contributed by atoms with E-state index >= 15 is 0 Å². The third kappa shape index (κ3) is 3.26. The van der Waals surface area contributed by atoms with Crippen molar-refractivity contribution in [3.63, 3.8) is 0 Å². The van der Waals surface area contributed by atoms with Crippen molar-refractivity contribution in [2.75, 3.05) is 13.7 Å². The molecule has 0 radical (unpaired) electrons. The molecule has 1 aromatic rings. The Kier molecular flexibility index (Phi) is 4.65. The molecule has 3 heteroatoms. The summed E-state index contributed by atoms with van der Waals surface area (Å²) in [6.07, 6.45) is 3.05. The molecule has 1 unspecified atom stereocenters. The van der Waals surface area contributed by atoms with Crippen LogP contribution < -0.4 is 0 Å². The number of hydrogen-bond acceptors (Lipinski definition) is 3. The fraction of sp³-hybridized carbons (Fsp3) is 0.467. The van der Waals surface area contributed by atoms with Crippen molar-refractivity contribution in [1.82, 2.24) is 0 Å². The lowest BCUT2D eigenvalue weighted by Gasteiger charge is -2.25. The lowest BCUT2D eigenvalue weighted by atomic mass is 10.1. The molecule has 1 atom stereocenters. The minimum atomic E-state index is -0.154. The first kappa shape index (κ1) is 13.0. The van der Waals surface area contributed by atoms with Gasteiger partial charge < -0.3 is 14.2 Å². The monoisotopic (exact) mass is 248 g/mol. The van der Waals surface area contributed by atoms with Crippen molar-refractivity contribution in [1.29, 1.82) is 0 Å². The standard InChI is InChI=1S/C15H20O3/c1-12(16-2)15(13-8-4-3-5-9-13)18-14-10-6-7-11-17-14/h3-5,8-9,14H,6-7,10-11H2,1-2H3. The Morgan fingerprint density at radius 1 is 1.22 bits per heavy atom. The van der Waals surface area contributed by atoms with E-state index in [2.05, 4.69) is 0 Å². The smallest absolute Gasteiger partial charge is 0.200 e. The van der Waals surface area contributed by atoms with Gasteiger partial charge in [-0.05, 0) is 19.8 Å². The maximum Gasteiger partial charge on any atom is 0.200 e. The first-order valence-corrected chi connectivity index (χ1v) is 6.40. The number of rotatable bonds is 4. The molecule has 0 bridgehead atoms. The van der Waals surface area contributed by atoms with E-state index in [0.717, 1.165) is 43.0 Å². The van der Waals surface area contributed by atoms with Gasteiger partial charge in [-0.15, -0.1) is 0 Å².